The molecule has 2 aromatic heterocycles. The van der Waals surface area contributed by atoms with Gasteiger partial charge in [-0.05, 0) is 44.2 Å². The summed E-state index contributed by atoms with van der Waals surface area (Å²) in [5.74, 6) is 0.233. The molecule has 1 amide bonds. The molecule has 0 aliphatic heterocycles. The number of hydrogen-bond acceptors (Lipinski definition) is 6. The number of anilines is 1. The van der Waals surface area contributed by atoms with Gasteiger partial charge in [0.05, 0.1) is 5.69 Å². The van der Waals surface area contributed by atoms with E-state index in [0.29, 0.717) is 32.7 Å². The summed E-state index contributed by atoms with van der Waals surface area (Å²) in [6.45, 7) is 3.28. The molecule has 7 heteroatoms. The van der Waals surface area contributed by atoms with E-state index in [9.17, 15) is 9.59 Å². The highest BCUT2D eigenvalue weighted by atomic mass is 32.1. The van der Waals surface area contributed by atoms with E-state index in [-0.39, 0.29) is 11.7 Å². The molecule has 0 radical (unpaired) electrons. The van der Waals surface area contributed by atoms with Gasteiger partial charge in [-0.15, -0.1) is 11.3 Å². The number of nitrogens with one attached hydrogen (secondary N) is 1. The largest absolute Gasteiger partial charge is 0.321 e. The molecule has 0 unspecified atom stereocenters. The zero-order valence-corrected chi connectivity index (χ0v) is 13.9. The molecule has 6 nitrogen and oxygen atoms in total. The Morgan fingerprint density at radius 3 is 2.38 bits per heavy atom. The highest BCUT2D eigenvalue weighted by Gasteiger charge is 2.17. The van der Waals surface area contributed by atoms with Crippen LogP contribution in [0.25, 0.3) is 10.8 Å². The Morgan fingerprint density at radius 2 is 1.75 bits per heavy atom. The minimum absolute atomic E-state index is 0.0151. The lowest BCUT2D eigenvalue weighted by atomic mass is 10.1. The lowest BCUT2D eigenvalue weighted by Crippen LogP contribution is -2.11. The van der Waals surface area contributed by atoms with E-state index in [2.05, 4.69) is 20.3 Å². The maximum atomic E-state index is 12.4. The quantitative estimate of drug-likeness (QED) is 0.737. The second-order valence-corrected chi connectivity index (χ2v) is 6.09. The third-order valence-corrected chi connectivity index (χ3v) is 4.46. The van der Waals surface area contributed by atoms with Crippen molar-refractivity contribution < 1.29 is 9.59 Å². The molecule has 1 N–H and O–H groups in total. The van der Waals surface area contributed by atoms with Crippen LogP contribution in [0.5, 0.6) is 0 Å². The topological polar surface area (TPSA) is 84.8 Å². The first-order valence-electron chi connectivity index (χ1n) is 7.22. The number of amides is 1. The van der Waals surface area contributed by atoms with E-state index in [1.807, 2.05) is 0 Å². The van der Waals surface area contributed by atoms with E-state index in [1.54, 1.807) is 49.6 Å². The van der Waals surface area contributed by atoms with Crippen molar-refractivity contribution in [2.24, 2.45) is 0 Å². The van der Waals surface area contributed by atoms with E-state index < -0.39 is 0 Å². The first-order chi connectivity index (χ1) is 11.5. The van der Waals surface area contributed by atoms with Crippen molar-refractivity contribution in [3.05, 3.63) is 58.9 Å². The van der Waals surface area contributed by atoms with Crippen molar-refractivity contribution >= 4 is 28.7 Å². The Bertz CT molecular complexity index is 889. The van der Waals surface area contributed by atoms with E-state index in [0.717, 1.165) is 0 Å². The van der Waals surface area contributed by atoms with Gasteiger partial charge in [-0.25, -0.2) is 15.0 Å². The summed E-state index contributed by atoms with van der Waals surface area (Å²) in [5, 5.41) is 3.41. The summed E-state index contributed by atoms with van der Waals surface area (Å²) in [6.07, 6.45) is 3.27. The van der Waals surface area contributed by atoms with Crippen LogP contribution in [0, 0.1) is 6.92 Å². The lowest BCUT2D eigenvalue weighted by Gasteiger charge is -2.04. The van der Waals surface area contributed by atoms with Gasteiger partial charge in [-0.3, -0.25) is 9.59 Å². The molecule has 0 saturated heterocycles. The molecule has 0 bridgehead atoms. The van der Waals surface area contributed by atoms with Crippen molar-refractivity contribution in [2.75, 3.05) is 5.32 Å². The SMILES string of the molecule is CC(=O)c1ccc(NC(=O)c2sc(-c3ncccn3)nc2C)cc1. The molecule has 0 saturated carbocycles. The average Bonchev–Trinajstić information content (AvgIpc) is 2.98. The van der Waals surface area contributed by atoms with Crippen molar-refractivity contribution in [1.29, 1.82) is 0 Å². The van der Waals surface area contributed by atoms with Crippen LogP contribution >= 0.6 is 11.3 Å². The standard InChI is InChI=1S/C17H14N4O2S/c1-10-14(24-17(20-10)15-18-8-3-9-19-15)16(23)21-13-6-4-12(5-7-13)11(2)22/h3-9H,1-2H3,(H,21,23). The minimum Gasteiger partial charge on any atom is -0.321 e. The number of benzene rings is 1. The van der Waals surface area contributed by atoms with E-state index >= 15 is 0 Å². The highest BCUT2D eigenvalue weighted by Crippen LogP contribution is 2.26. The number of nitrogens with zero attached hydrogens (tertiary/aromatic N) is 3. The number of Topliss-reactive ketones (excluding diaryl/α,β-unsaturated/α-hetero) is 1. The normalized spacial score (nSPS) is 10.4. The van der Waals surface area contributed by atoms with Gasteiger partial charge >= 0.3 is 0 Å². The summed E-state index contributed by atoms with van der Waals surface area (Å²) in [7, 11) is 0. The maximum Gasteiger partial charge on any atom is 0.267 e. The lowest BCUT2D eigenvalue weighted by molar-refractivity contribution is 0.101. The van der Waals surface area contributed by atoms with Gasteiger partial charge in [0.15, 0.2) is 16.6 Å². The van der Waals surface area contributed by atoms with Crippen LogP contribution < -0.4 is 5.32 Å². The first-order valence-corrected chi connectivity index (χ1v) is 8.03. The maximum absolute atomic E-state index is 12.4. The fraction of sp³-hybridized carbons (Fsp3) is 0.118. The van der Waals surface area contributed by atoms with E-state index in [1.165, 1.54) is 18.3 Å². The molecule has 24 heavy (non-hydrogen) atoms. The van der Waals surface area contributed by atoms with Crippen LogP contribution in [0.3, 0.4) is 0 Å². The van der Waals surface area contributed by atoms with Crippen LogP contribution in [0.1, 0.15) is 32.6 Å². The van der Waals surface area contributed by atoms with Crippen LogP contribution in [0.4, 0.5) is 5.69 Å². The van der Waals surface area contributed by atoms with Gasteiger partial charge < -0.3 is 5.32 Å². The summed E-state index contributed by atoms with van der Waals surface area (Å²) in [6, 6.07) is 8.49. The second kappa shape index (κ2) is 6.67. The van der Waals surface area contributed by atoms with Crippen molar-refractivity contribution in [2.45, 2.75) is 13.8 Å². The zero-order valence-electron chi connectivity index (χ0n) is 13.1. The monoisotopic (exact) mass is 338 g/mol. The van der Waals surface area contributed by atoms with Gasteiger partial charge in [0, 0.05) is 23.6 Å². The predicted octanol–water partition coefficient (Wildman–Crippen LogP) is 3.36. The molecule has 120 valence electrons. The number of ketones is 1. The number of thiazole rings is 1. The number of carbonyl (C=O) groups excluding carboxylic acids is 2. The smallest absolute Gasteiger partial charge is 0.267 e. The summed E-state index contributed by atoms with van der Waals surface area (Å²) in [4.78, 5) is 36.9. The van der Waals surface area contributed by atoms with E-state index in [4.69, 9.17) is 0 Å². The fourth-order valence-electron chi connectivity index (χ4n) is 2.09. The minimum atomic E-state index is -0.247. The molecule has 2 heterocycles. The Hall–Kier alpha value is -2.93. The predicted molar refractivity (Wildman–Crippen MR) is 92.3 cm³/mol. The average molecular weight is 338 g/mol. The third kappa shape index (κ3) is 3.36. The second-order valence-electron chi connectivity index (χ2n) is 5.09. The highest BCUT2D eigenvalue weighted by molar-refractivity contribution is 7.17. The van der Waals surface area contributed by atoms with Crippen molar-refractivity contribution in [1.82, 2.24) is 15.0 Å². The molecule has 0 fully saturated rings. The molecule has 0 aliphatic carbocycles. The molecule has 0 aliphatic rings. The van der Waals surface area contributed by atoms with Gasteiger partial charge in [0.2, 0.25) is 0 Å². The Balaban J connectivity index is 1.80. The molecule has 0 atom stereocenters. The summed E-state index contributed by atoms with van der Waals surface area (Å²) < 4.78 is 0. The fourth-order valence-corrected chi connectivity index (χ4v) is 3.00. The molecule has 3 rings (SSSR count). The number of rotatable bonds is 4. The van der Waals surface area contributed by atoms with Crippen LogP contribution in [-0.4, -0.2) is 26.6 Å². The molecule has 0 spiro atoms. The number of aromatic nitrogens is 3. The Kier molecular flexibility index (Phi) is 4.43. The summed E-state index contributed by atoms with van der Waals surface area (Å²) >= 11 is 1.25. The van der Waals surface area contributed by atoms with Crippen LogP contribution in [-0.2, 0) is 0 Å². The molecule has 3 aromatic rings. The Morgan fingerprint density at radius 1 is 1.08 bits per heavy atom. The zero-order chi connectivity index (χ0) is 17.1. The van der Waals surface area contributed by atoms with Gasteiger partial charge in [0.1, 0.15) is 4.88 Å². The van der Waals surface area contributed by atoms with Gasteiger partial charge in [0.25, 0.3) is 5.91 Å². The molecular weight excluding hydrogens is 324 g/mol. The summed E-state index contributed by atoms with van der Waals surface area (Å²) in [5.41, 5.74) is 1.85. The molecule has 1 aromatic carbocycles. The van der Waals surface area contributed by atoms with Gasteiger partial charge in [-0.1, -0.05) is 0 Å². The van der Waals surface area contributed by atoms with Crippen LogP contribution in [0.15, 0.2) is 42.7 Å². The number of carbonyl (C=O) groups is 2. The first kappa shape index (κ1) is 15.9. The van der Waals surface area contributed by atoms with Crippen molar-refractivity contribution in [3.63, 3.8) is 0 Å². The number of aryl methyl sites for hydroxylation is 1. The number of hydrogen-bond donors (Lipinski definition) is 1. The van der Waals surface area contributed by atoms with Crippen LogP contribution in [0.2, 0.25) is 0 Å². The van der Waals surface area contributed by atoms with Gasteiger partial charge in [-0.2, -0.15) is 0 Å². The Labute approximate surface area is 142 Å². The molecular formula is C17H14N4O2S. The third-order valence-electron chi connectivity index (χ3n) is 3.31. The van der Waals surface area contributed by atoms with Crippen molar-refractivity contribution in [3.8, 4) is 10.8 Å².